The van der Waals surface area contributed by atoms with E-state index in [0.29, 0.717) is 5.92 Å². The summed E-state index contributed by atoms with van der Waals surface area (Å²) in [7, 11) is 0. The first-order valence-electron chi connectivity index (χ1n) is 4.99. The van der Waals surface area contributed by atoms with E-state index < -0.39 is 0 Å². The fraction of sp³-hybridized carbons (Fsp3) is 0.417. The third-order valence-electron chi connectivity index (χ3n) is 2.56. The topological polar surface area (TPSA) is 21.6 Å². The van der Waals surface area contributed by atoms with Crippen LogP contribution in [0.3, 0.4) is 0 Å². The Morgan fingerprint density at radius 3 is 2.71 bits per heavy atom. The number of hydrogen-bond acceptors (Lipinski definition) is 2. The second-order valence-corrected chi connectivity index (χ2v) is 3.79. The van der Waals surface area contributed by atoms with Crippen LogP contribution in [0.5, 0.6) is 0 Å². The molecule has 0 bridgehead atoms. The molecule has 2 heteroatoms. The first kappa shape index (κ1) is 9.25. The molecule has 0 N–H and O–H groups in total. The van der Waals surface area contributed by atoms with Crippen molar-refractivity contribution in [1.29, 1.82) is 0 Å². The summed E-state index contributed by atoms with van der Waals surface area (Å²) >= 11 is 0. The summed E-state index contributed by atoms with van der Waals surface area (Å²) in [6.45, 7) is 4.87. The SMILES string of the molecule is CC1=N[C@@H](c2ccccc2)[C@@H](C)CO1. The first-order chi connectivity index (χ1) is 6.77. The largest absolute Gasteiger partial charge is 0.481 e. The third kappa shape index (κ3) is 1.79. The van der Waals surface area contributed by atoms with E-state index in [4.69, 9.17) is 4.74 Å². The molecule has 1 aromatic rings. The highest BCUT2D eigenvalue weighted by Gasteiger charge is 2.23. The average molecular weight is 189 g/mol. The van der Waals surface area contributed by atoms with E-state index in [2.05, 4.69) is 36.2 Å². The molecule has 0 spiro atoms. The fourth-order valence-electron chi connectivity index (χ4n) is 1.76. The van der Waals surface area contributed by atoms with Gasteiger partial charge >= 0.3 is 0 Å². The van der Waals surface area contributed by atoms with Crippen LogP contribution in [0.4, 0.5) is 0 Å². The van der Waals surface area contributed by atoms with Gasteiger partial charge in [0.1, 0.15) is 0 Å². The minimum absolute atomic E-state index is 0.268. The first-order valence-corrected chi connectivity index (χ1v) is 4.99. The van der Waals surface area contributed by atoms with Gasteiger partial charge in [-0.3, -0.25) is 0 Å². The van der Waals surface area contributed by atoms with Gasteiger partial charge in [-0.15, -0.1) is 0 Å². The van der Waals surface area contributed by atoms with E-state index in [9.17, 15) is 0 Å². The van der Waals surface area contributed by atoms with Crippen molar-refractivity contribution >= 4 is 5.90 Å². The van der Waals surface area contributed by atoms with Crippen LogP contribution in [0.15, 0.2) is 35.3 Å². The van der Waals surface area contributed by atoms with Crippen LogP contribution in [0.1, 0.15) is 25.5 Å². The molecule has 0 radical (unpaired) electrons. The van der Waals surface area contributed by atoms with Gasteiger partial charge in [0.25, 0.3) is 0 Å². The van der Waals surface area contributed by atoms with Gasteiger partial charge in [-0.25, -0.2) is 4.99 Å². The Morgan fingerprint density at radius 2 is 2.00 bits per heavy atom. The number of aliphatic imine (C=N–C) groups is 1. The van der Waals surface area contributed by atoms with Crippen molar-refractivity contribution in [3.05, 3.63) is 35.9 Å². The Hall–Kier alpha value is -1.31. The van der Waals surface area contributed by atoms with Crippen molar-refractivity contribution in [3.63, 3.8) is 0 Å². The van der Waals surface area contributed by atoms with Gasteiger partial charge in [0.05, 0.1) is 12.6 Å². The normalized spacial score (nSPS) is 26.6. The summed E-state index contributed by atoms with van der Waals surface area (Å²) in [6.07, 6.45) is 0. The highest BCUT2D eigenvalue weighted by Crippen LogP contribution is 2.29. The molecule has 0 aromatic heterocycles. The van der Waals surface area contributed by atoms with Gasteiger partial charge in [-0.2, -0.15) is 0 Å². The number of nitrogens with zero attached hydrogens (tertiary/aromatic N) is 1. The van der Waals surface area contributed by atoms with Crippen molar-refractivity contribution in [1.82, 2.24) is 0 Å². The van der Waals surface area contributed by atoms with Crippen LogP contribution in [0.25, 0.3) is 0 Å². The standard InChI is InChI=1S/C12H15NO/c1-9-8-14-10(2)13-12(9)11-6-4-3-5-7-11/h3-7,9,12H,8H2,1-2H3/t9-,12+/m0/s1. The predicted molar refractivity (Wildman–Crippen MR) is 57.4 cm³/mol. The molecule has 0 fully saturated rings. The van der Waals surface area contributed by atoms with E-state index >= 15 is 0 Å². The molecule has 0 saturated heterocycles. The summed E-state index contributed by atoms with van der Waals surface area (Å²) in [5, 5.41) is 0. The lowest BCUT2D eigenvalue weighted by molar-refractivity contribution is 0.198. The van der Waals surface area contributed by atoms with Crippen LogP contribution in [0.2, 0.25) is 0 Å². The highest BCUT2D eigenvalue weighted by atomic mass is 16.5. The zero-order valence-electron chi connectivity index (χ0n) is 8.60. The lowest BCUT2D eigenvalue weighted by atomic mass is 9.95. The Balaban J connectivity index is 2.29. The van der Waals surface area contributed by atoms with E-state index in [1.807, 2.05) is 13.0 Å². The average Bonchev–Trinajstić information content (AvgIpc) is 2.23. The van der Waals surface area contributed by atoms with Crippen molar-refractivity contribution < 1.29 is 4.74 Å². The zero-order valence-corrected chi connectivity index (χ0v) is 8.60. The molecular formula is C12H15NO. The van der Waals surface area contributed by atoms with Crippen LogP contribution < -0.4 is 0 Å². The van der Waals surface area contributed by atoms with Crippen molar-refractivity contribution in [2.75, 3.05) is 6.61 Å². The molecule has 1 aliphatic heterocycles. The number of ether oxygens (including phenoxy) is 1. The molecular weight excluding hydrogens is 174 g/mol. The Morgan fingerprint density at radius 1 is 1.29 bits per heavy atom. The second kappa shape index (κ2) is 3.82. The summed E-state index contributed by atoms with van der Waals surface area (Å²) in [5.74, 6) is 1.26. The third-order valence-corrected chi connectivity index (χ3v) is 2.56. The summed E-state index contributed by atoms with van der Waals surface area (Å²) in [6, 6.07) is 10.7. The minimum Gasteiger partial charge on any atom is -0.481 e. The van der Waals surface area contributed by atoms with Gasteiger partial charge in [-0.1, -0.05) is 37.3 Å². The Labute approximate surface area is 84.6 Å². The fourth-order valence-corrected chi connectivity index (χ4v) is 1.76. The Kier molecular flexibility index (Phi) is 2.53. The second-order valence-electron chi connectivity index (χ2n) is 3.79. The zero-order chi connectivity index (χ0) is 9.97. The lowest BCUT2D eigenvalue weighted by Crippen LogP contribution is -2.22. The molecule has 1 heterocycles. The van der Waals surface area contributed by atoms with Crippen LogP contribution in [-0.4, -0.2) is 12.5 Å². The minimum atomic E-state index is 0.268. The predicted octanol–water partition coefficient (Wildman–Crippen LogP) is 2.81. The highest BCUT2D eigenvalue weighted by molar-refractivity contribution is 5.74. The van der Waals surface area contributed by atoms with E-state index in [0.717, 1.165) is 12.5 Å². The van der Waals surface area contributed by atoms with Gasteiger partial charge in [-0.05, 0) is 5.56 Å². The van der Waals surface area contributed by atoms with Crippen LogP contribution >= 0.6 is 0 Å². The maximum Gasteiger partial charge on any atom is 0.180 e. The molecule has 0 amide bonds. The molecule has 0 aliphatic carbocycles. The van der Waals surface area contributed by atoms with Crippen LogP contribution in [-0.2, 0) is 4.74 Å². The van der Waals surface area contributed by atoms with Gasteiger partial charge in [0, 0.05) is 12.8 Å². The molecule has 0 unspecified atom stereocenters. The van der Waals surface area contributed by atoms with E-state index in [1.54, 1.807) is 0 Å². The maximum absolute atomic E-state index is 5.39. The summed E-state index contributed by atoms with van der Waals surface area (Å²) in [4.78, 5) is 4.53. The summed E-state index contributed by atoms with van der Waals surface area (Å²) in [5.41, 5.74) is 1.28. The molecule has 2 rings (SSSR count). The summed E-state index contributed by atoms with van der Waals surface area (Å²) < 4.78 is 5.39. The quantitative estimate of drug-likeness (QED) is 0.665. The molecule has 2 nitrogen and oxygen atoms in total. The molecule has 1 aromatic carbocycles. The van der Waals surface area contributed by atoms with Crippen molar-refractivity contribution in [3.8, 4) is 0 Å². The number of benzene rings is 1. The van der Waals surface area contributed by atoms with Gasteiger partial charge in [0.15, 0.2) is 5.90 Å². The van der Waals surface area contributed by atoms with Crippen molar-refractivity contribution in [2.45, 2.75) is 19.9 Å². The smallest absolute Gasteiger partial charge is 0.180 e. The maximum atomic E-state index is 5.39. The molecule has 14 heavy (non-hydrogen) atoms. The molecule has 0 saturated carbocycles. The molecule has 1 aliphatic rings. The van der Waals surface area contributed by atoms with Gasteiger partial charge < -0.3 is 4.74 Å². The van der Waals surface area contributed by atoms with Crippen LogP contribution in [0, 0.1) is 5.92 Å². The Bertz CT molecular complexity index is 331. The number of hydrogen-bond donors (Lipinski definition) is 0. The lowest BCUT2D eigenvalue weighted by Gasteiger charge is -2.26. The van der Waals surface area contributed by atoms with E-state index in [1.165, 1.54) is 5.56 Å². The monoisotopic (exact) mass is 189 g/mol. The molecule has 2 atom stereocenters. The number of rotatable bonds is 1. The van der Waals surface area contributed by atoms with Gasteiger partial charge in [0.2, 0.25) is 0 Å². The van der Waals surface area contributed by atoms with E-state index in [-0.39, 0.29) is 6.04 Å². The van der Waals surface area contributed by atoms with Crippen molar-refractivity contribution in [2.24, 2.45) is 10.9 Å². The molecule has 74 valence electrons.